The van der Waals surface area contributed by atoms with Crippen molar-refractivity contribution in [3.63, 3.8) is 0 Å². The largest absolute Gasteiger partial charge is 0.370 e. The van der Waals surface area contributed by atoms with Crippen molar-refractivity contribution in [3.8, 4) is 0 Å². The molecule has 0 unspecified atom stereocenters. The Morgan fingerprint density at radius 1 is 1.10 bits per heavy atom. The van der Waals surface area contributed by atoms with Gasteiger partial charge in [0.25, 0.3) is 5.69 Å². The number of carbonyl (C=O) groups is 1. The van der Waals surface area contributed by atoms with E-state index in [0.717, 1.165) is 37.3 Å². The highest BCUT2D eigenvalue weighted by molar-refractivity contribution is 7.80. The number of hydrogen-bond acceptors (Lipinski definition) is 5. The first kappa shape index (κ1) is 20.5. The fraction of sp³-hybridized carbons (Fsp3) is 0.238. The minimum Gasteiger partial charge on any atom is -0.370 e. The maximum atomic E-state index is 12.2. The lowest BCUT2D eigenvalue weighted by Gasteiger charge is -2.30. The molecule has 0 spiro atoms. The molecule has 0 atom stereocenters. The van der Waals surface area contributed by atoms with Crippen molar-refractivity contribution in [3.05, 3.63) is 70.3 Å². The van der Waals surface area contributed by atoms with Crippen LogP contribution in [0.2, 0.25) is 0 Å². The van der Waals surface area contributed by atoms with Gasteiger partial charge in [-0.05, 0) is 55.3 Å². The highest BCUT2D eigenvalue weighted by atomic mass is 32.1. The second-order valence-corrected chi connectivity index (χ2v) is 7.10. The van der Waals surface area contributed by atoms with Crippen LogP contribution in [0.4, 0.5) is 17.1 Å². The third kappa shape index (κ3) is 5.86. The molecule has 0 radical (unpaired) electrons. The standard InChI is InChI=1S/C21H22N4O3S/c26-20(12-11-16-7-6-8-17(15-16)25(27)28)23-21(29)22-18-9-2-3-10-19(18)24-13-4-1-5-14-24/h2-3,6-12,15H,1,4-5,13-14H2,(H2,22,23,26,29)/b12-11+. The summed E-state index contributed by atoms with van der Waals surface area (Å²) in [6.45, 7) is 2.01. The van der Waals surface area contributed by atoms with Crippen LogP contribution in [0.15, 0.2) is 54.6 Å². The Morgan fingerprint density at radius 2 is 1.86 bits per heavy atom. The molecule has 150 valence electrons. The molecule has 8 heteroatoms. The van der Waals surface area contributed by atoms with Crippen molar-refractivity contribution in [2.45, 2.75) is 19.3 Å². The Hall–Kier alpha value is -3.26. The highest BCUT2D eigenvalue weighted by Crippen LogP contribution is 2.28. The number of benzene rings is 2. The van der Waals surface area contributed by atoms with Gasteiger partial charge in [0.2, 0.25) is 5.91 Å². The maximum Gasteiger partial charge on any atom is 0.270 e. The summed E-state index contributed by atoms with van der Waals surface area (Å²) < 4.78 is 0. The first-order valence-corrected chi connectivity index (χ1v) is 9.82. The Labute approximate surface area is 174 Å². The minimum atomic E-state index is -0.476. The fourth-order valence-electron chi connectivity index (χ4n) is 3.21. The van der Waals surface area contributed by atoms with Crippen LogP contribution >= 0.6 is 12.2 Å². The molecule has 1 heterocycles. The average Bonchev–Trinajstić information content (AvgIpc) is 2.73. The predicted octanol–water partition coefficient (Wildman–Crippen LogP) is 4.11. The summed E-state index contributed by atoms with van der Waals surface area (Å²) in [5.74, 6) is -0.413. The molecule has 1 aliphatic heterocycles. The lowest BCUT2D eigenvalue weighted by atomic mass is 10.1. The van der Waals surface area contributed by atoms with E-state index in [4.69, 9.17) is 12.2 Å². The van der Waals surface area contributed by atoms with Gasteiger partial charge in [-0.15, -0.1) is 0 Å². The lowest BCUT2D eigenvalue weighted by Crippen LogP contribution is -2.34. The molecule has 3 rings (SSSR count). The van der Waals surface area contributed by atoms with Crippen molar-refractivity contribution in [2.24, 2.45) is 0 Å². The molecule has 0 aliphatic carbocycles. The number of nitrogens with zero attached hydrogens (tertiary/aromatic N) is 2. The van der Waals surface area contributed by atoms with Gasteiger partial charge in [-0.1, -0.05) is 24.3 Å². The first-order chi connectivity index (χ1) is 14.0. The fourth-order valence-corrected chi connectivity index (χ4v) is 3.42. The van der Waals surface area contributed by atoms with Crippen LogP contribution in [0, 0.1) is 10.1 Å². The van der Waals surface area contributed by atoms with E-state index in [2.05, 4.69) is 15.5 Å². The molecule has 2 aromatic carbocycles. The Kier molecular flexibility index (Phi) is 6.91. The van der Waals surface area contributed by atoms with Crippen LogP contribution in [-0.4, -0.2) is 29.0 Å². The van der Waals surface area contributed by atoms with Crippen molar-refractivity contribution in [1.82, 2.24) is 5.32 Å². The van der Waals surface area contributed by atoms with Gasteiger partial charge in [0.05, 0.1) is 16.3 Å². The predicted molar refractivity (Wildman–Crippen MR) is 119 cm³/mol. The minimum absolute atomic E-state index is 0.0286. The van der Waals surface area contributed by atoms with Crippen LogP contribution in [0.3, 0.4) is 0 Å². The first-order valence-electron chi connectivity index (χ1n) is 9.41. The summed E-state index contributed by atoms with van der Waals surface area (Å²) in [6, 6.07) is 13.9. The van der Waals surface area contributed by atoms with Gasteiger partial charge in [-0.25, -0.2) is 0 Å². The number of rotatable bonds is 5. The molecule has 2 N–H and O–H groups in total. The summed E-state index contributed by atoms with van der Waals surface area (Å²) in [7, 11) is 0. The third-order valence-corrected chi connectivity index (χ3v) is 4.80. The average molecular weight is 410 g/mol. The molecule has 0 saturated carbocycles. The number of thiocarbonyl (C=S) groups is 1. The number of carbonyl (C=O) groups excluding carboxylic acids is 1. The van der Waals surface area contributed by atoms with Crippen LogP contribution in [0.1, 0.15) is 24.8 Å². The summed E-state index contributed by atoms with van der Waals surface area (Å²) in [5, 5.41) is 16.7. The SMILES string of the molecule is O=C(/C=C/c1cccc([N+](=O)[O-])c1)NC(=S)Nc1ccccc1N1CCCCC1. The Morgan fingerprint density at radius 3 is 2.62 bits per heavy atom. The molecule has 1 fully saturated rings. The molecule has 0 aromatic heterocycles. The zero-order valence-electron chi connectivity index (χ0n) is 15.8. The molecule has 2 aromatic rings. The molecular weight excluding hydrogens is 388 g/mol. The molecule has 1 saturated heterocycles. The zero-order chi connectivity index (χ0) is 20.6. The van der Waals surface area contributed by atoms with E-state index in [1.54, 1.807) is 12.1 Å². The molecular formula is C21H22N4O3S. The second kappa shape index (κ2) is 9.79. The molecule has 1 aliphatic rings. The van der Waals surface area contributed by atoms with E-state index in [9.17, 15) is 14.9 Å². The molecule has 29 heavy (non-hydrogen) atoms. The molecule has 7 nitrogen and oxygen atoms in total. The molecule has 0 bridgehead atoms. The van der Waals surface area contributed by atoms with Crippen LogP contribution in [0.25, 0.3) is 6.08 Å². The number of nitro groups is 1. The van der Waals surface area contributed by atoms with Crippen LogP contribution in [0.5, 0.6) is 0 Å². The van der Waals surface area contributed by atoms with Crippen molar-refractivity contribution < 1.29 is 9.72 Å². The maximum absolute atomic E-state index is 12.2. The van der Waals surface area contributed by atoms with Crippen LogP contribution in [-0.2, 0) is 4.79 Å². The van der Waals surface area contributed by atoms with E-state index in [1.807, 2.05) is 24.3 Å². The number of anilines is 2. The normalized spacial score (nSPS) is 13.9. The number of non-ortho nitro benzene ring substituents is 1. The van der Waals surface area contributed by atoms with E-state index in [1.165, 1.54) is 30.7 Å². The third-order valence-electron chi connectivity index (χ3n) is 4.59. The van der Waals surface area contributed by atoms with E-state index in [0.29, 0.717) is 5.56 Å². The second-order valence-electron chi connectivity index (χ2n) is 6.69. The van der Waals surface area contributed by atoms with Crippen molar-refractivity contribution in [1.29, 1.82) is 0 Å². The highest BCUT2D eigenvalue weighted by Gasteiger charge is 2.15. The lowest BCUT2D eigenvalue weighted by molar-refractivity contribution is -0.384. The van der Waals surface area contributed by atoms with Gasteiger partial charge < -0.3 is 10.2 Å². The van der Waals surface area contributed by atoms with Gasteiger partial charge in [0.1, 0.15) is 0 Å². The number of nitro benzene ring substituents is 1. The number of piperidine rings is 1. The van der Waals surface area contributed by atoms with Crippen LogP contribution < -0.4 is 15.5 Å². The topological polar surface area (TPSA) is 87.5 Å². The smallest absolute Gasteiger partial charge is 0.270 e. The van der Waals surface area contributed by atoms with Crippen molar-refractivity contribution in [2.75, 3.05) is 23.3 Å². The Balaban J connectivity index is 1.60. The number of nitrogens with one attached hydrogen (secondary N) is 2. The van der Waals surface area contributed by atoms with Crippen molar-refractivity contribution >= 4 is 46.4 Å². The summed E-state index contributed by atoms with van der Waals surface area (Å²) in [5.41, 5.74) is 2.45. The molecule has 1 amide bonds. The summed E-state index contributed by atoms with van der Waals surface area (Å²) in [6.07, 6.45) is 6.38. The van der Waals surface area contributed by atoms with E-state index in [-0.39, 0.29) is 10.8 Å². The Bertz CT molecular complexity index is 939. The van der Waals surface area contributed by atoms with E-state index < -0.39 is 10.8 Å². The number of hydrogen-bond donors (Lipinski definition) is 2. The monoisotopic (exact) mass is 410 g/mol. The zero-order valence-corrected chi connectivity index (χ0v) is 16.7. The van der Waals surface area contributed by atoms with Gasteiger partial charge >= 0.3 is 0 Å². The van der Waals surface area contributed by atoms with Gasteiger partial charge in [0, 0.05) is 31.3 Å². The van der Waals surface area contributed by atoms with Gasteiger partial charge in [-0.3, -0.25) is 20.2 Å². The van der Waals surface area contributed by atoms with Gasteiger partial charge in [0.15, 0.2) is 5.11 Å². The van der Waals surface area contributed by atoms with Gasteiger partial charge in [-0.2, -0.15) is 0 Å². The number of para-hydroxylation sites is 2. The summed E-state index contributed by atoms with van der Waals surface area (Å²) in [4.78, 5) is 24.8. The number of amides is 1. The quantitative estimate of drug-likeness (QED) is 0.334. The summed E-state index contributed by atoms with van der Waals surface area (Å²) >= 11 is 5.27. The van der Waals surface area contributed by atoms with E-state index >= 15 is 0 Å².